The summed E-state index contributed by atoms with van der Waals surface area (Å²) in [7, 11) is 0. The topological polar surface area (TPSA) is 60.8 Å². The number of anilines is 1. The fourth-order valence-corrected chi connectivity index (χ4v) is 4.70. The van der Waals surface area contributed by atoms with Crippen molar-refractivity contribution in [3.8, 4) is 5.75 Å². The van der Waals surface area contributed by atoms with E-state index in [-0.39, 0.29) is 0 Å². The van der Waals surface area contributed by atoms with Crippen molar-refractivity contribution in [3.63, 3.8) is 0 Å². The number of carboxylic acid groups (broad SMARTS) is 1. The van der Waals surface area contributed by atoms with Gasteiger partial charge in [-0.25, -0.2) is 4.79 Å². The summed E-state index contributed by atoms with van der Waals surface area (Å²) in [6, 6.07) is 15.8. The Balaban J connectivity index is 1.83. The van der Waals surface area contributed by atoms with Crippen LogP contribution in [0, 0.1) is 0 Å². The van der Waals surface area contributed by atoms with Crippen LogP contribution in [-0.4, -0.2) is 22.7 Å². The first kappa shape index (κ1) is 18.3. The first-order valence-electron chi connectivity index (χ1n) is 9.12. The summed E-state index contributed by atoms with van der Waals surface area (Å²) in [4.78, 5) is 13.2. The number of aliphatic carboxylic acids is 1. The zero-order valence-corrected chi connectivity index (χ0v) is 16.3. The second-order valence-corrected chi connectivity index (χ2v) is 7.87. The van der Waals surface area contributed by atoms with Gasteiger partial charge in [0.15, 0.2) is 0 Å². The first-order chi connectivity index (χ1) is 13.5. The Morgan fingerprint density at radius 1 is 1.18 bits per heavy atom. The number of hydrogen-bond donors (Lipinski definition) is 2. The minimum atomic E-state index is -0.958. The third kappa shape index (κ3) is 3.18. The van der Waals surface area contributed by atoms with Crippen LogP contribution >= 0.6 is 11.3 Å². The van der Waals surface area contributed by atoms with Gasteiger partial charge in [0.25, 0.3) is 0 Å². The van der Waals surface area contributed by atoms with Gasteiger partial charge in [0, 0.05) is 23.7 Å². The van der Waals surface area contributed by atoms with Gasteiger partial charge in [-0.1, -0.05) is 30.3 Å². The maximum atomic E-state index is 10.8. The van der Waals surface area contributed by atoms with E-state index >= 15 is 0 Å². The summed E-state index contributed by atoms with van der Waals surface area (Å²) < 4.78 is 0. The quantitative estimate of drug-likeness (QED) is 0.623. The molecule has 1 aliphatic rings. The summed E-state index contributed by atoms with van der Waals surface area (Å²) in [5.74, 6) is -0.667. The molecule has 0 amide bonds. The highest BCUT2D eigenvalue weighted by Gasteiger charge is 2.40. The van der Waals surface area contributed by atoms with Crippen molar-refractivity contribution < 1.29 is 15.0 Å². The van der Waals surface area contributed by atoms with Gasteiger partial charge in [-0.15, -0.1) is 0 Å². The van der Waals surface area contributed by atoms with Crippen LogP contribution < -0.4 is 4.90 Å². The van der Waals surface area contributed by atoms with Gasteiger partial charge < -0.3 is 15.1 Å². The lowest BCUT2D eigenvalue weighted by atomic mass is 9.76. The molecule has 2 N–H and O–H groups in total. The molecule has 1 atom stereocenters. The molecule has 0 radical (unpaired) electrons. The Hall–Kier alpha value is -3.05. The van der Waals surface area contributed by atoms with E-state index in [2.05, 4.69) is 40.8 Å². The highest BCUT2D eigenvalue weighted by atomic mass is 32.1. The van der Waals surface area contributed by atoms with Crippen molar-refractivity contribution in [2.75, 3.05) is 11.4 Å². The van der Waals surface area contributed by atoms with Crippen molar-refractivity contribution >= 4 is 29.1 Å². The monoisotopic (exact) mass is 391 g/mol. The van der Waals surface area contributed by atoms with E-state index in [4.69, 9.17) is 5.11 Å². The van der Waals surface area contributed by atoms with Gasteiger partial charge in [0.05, 0.1) is 5.54 Å². The van der Waals surface area contributed by atoms with E-state index in [1.807, 2.05) is 24.3 Å². The summed E-state index contributed by atoms with van der Waals surface area (Å²) >= 11 is 1.68. The number of carbonyl (C=O) groups is 1. The number of phenolic OH excluding ortho intramolecular Hbond substituents is 1. The molecule has 2 aromatic carbocycles. The first-order valence-corrected chi connectivity index (χ1v) is 10.1. The second kappa shape index (κ2) is 7.17. The van der Waals surface area contributed by atoms with Crippen LogP contribution in [0.5, 0.6) is 5.75 Å². The molecule has 4 nitrogen and oxygen atoms in total. The van der Waals surface area contributed by atoms with Crippen LogP contribution in [-0.2, 0) is 16.8 Å². The Labute approximate surface area is 168 Å². The molecule has 28 heavy (non-hydrogen) atoms. The minimum Gasteiger partial charge on any atom is -0.508 e. The summed E-state index contributed by atoms with van der Waals surface area (Å²) in [5.41, 5.74) is 5.09. The molecule has 0 bridgehead atoms. The van der Waals surface area contributed by atoms with Gasteiger partial charge in [-0.05, 0) is 65.3 Å². The average molecular weight is 391 g/mol. The number of benzene rings is 2. The molecule has 0 saturated heterocycles. The Kier molecular flexibility index (Phi) is 4.69. The van der Waals surface area contributed by atoms with Crippen molar-refractivity contribution in [1.82, 2.24) is 0 Å². The molecule has 1 aromatic heterocycles. The van der Waals surface area contributed by atoms with Crippen LogP contribution in [0.1, 0.15) is 29.2 Å². The minimum absolute atomic E-state index is 0.291. The molecule has 0 aliphatic carbocycles. The van der Waals surface area contributed by atoms with Crippen LogP contribution in [0.25, 0.3) is 6.08 Å². The molecule has 3 aromatic rings. The number of rotatable bonds is 4. The number of hydrogen-bond acceptors (Lipinski definition) is 4. The molecule has 1 unspecified atom stereocenters. The Morgan fingerprint density at radius 3 is 2.64 bits per heavy atom. The largest absolute Gasteiger partial charge is 0.508 e. The lowest BCUT2D eigenvalue weighted by Crippen LogP contribution is -2.49. The van der Waals surface area contributed by atoms with Gasteiger partial charge in [-0.3, -0.25) is 0 Å². The number of phenols is 1. The van der Waals surface area contributed by atoms with Crippen molar-refractivity contribution in [1.29, 1.82) is 0 Å². The maximum Gasteiger partial charge on any atom is 0.328 e. The molecule has 4 rings (SSSR count). The van der Waals surface area contributed by atoms with Gasteiger partial charge in [0.2, 0.25) is 0 Å². The van der Waals surface area contributed by atoms with E-state index in [9.17, 15) is 9.90 Å². The lowest BCUT2D eigenvalue weighted by molar-refractivity contribution is -0.131. The average Bonchev–Trinajstić information content (AvgIpc) is 3.21. The van der Waals surface area contributed by atoms with E-state index in [0.29, 0.717) is 5.75 Å². The summed E-state index contributed by atoms with van der Waals surface area (Å²) in [6.07, 6.45) is 3.61. The van der Waals surface area contributed by atoms with E-state index in [1.54, 1.807) is 23.5 Å². The fraction of sp³-hybridized carbons (Fsp3) is 0.174. The summed E-state index contributed by atoms with van der Waals surface area (Å²) in [6.45, 7) is 3.06. The number of thiophene rings is 1. The van der Waals surface area contributed by atoms with Gasteiger partial charge in [0.1, 0.15) is 5.75 Å². The van der Waals surface area contributed by atoms with E-state index in [0.717, 1.165) is 35.7 Å². The molecule has 0 spiro atoms. The Morgan fingerprint density at radius 2 is 1.96 bits per heavy atom. The third-order valence-corrected chi connectivity index (χ3v) is 6.14. The Bertz CT molecular complexity index is 1020. The number of carboxylic acids is 1. The van der Waals surface area contributed by atoms with Crippen LogP contribution in [0.3, 0.4) is 0 Å². The summed E-state index contributed by atoms with van der Waals surface area (Å²) in [5, 5.41) is 23.0. The highest BCUT2D eigenvalue weighted by molar-refractivity contribution is 7.08. The van der Waals surface area contributed by atoms with Crippen LogP contribution in [0.15, 0.2) is 65.4 Å². The van der Waals surface area contributed by atoms with Crippen LogP contribution in [0.2, 0.25) is 0 Å². The fourth-order valence-electron chi connectivity index (χ4n) is 4.06. The zero-order chi connectivity index (χ0) is 19.7. The zero-order valence-electron chi connectivity index (χ0n) is 15.5. The van der Waals surface area contributed by atoms with Gasteiger partial charge in [-0.2, -0.15) is 11.3 Å². The predicted octanol–water partition coefficient (Wildman–Crippen LogP) is 4.88. The SMILES string of the molecule is CC1(c2ccc(C=CC(=O)O)cc2)c2ccc(O)cc2CCN1c1ccsc1. The molecule has 1 aliphatic heterocycles. The molecule has 0 fully saturated rings. The molecule has 2 heterocycles. The molecule has 5 heteroatoms. The standard InChI is InChI=1S/C23H21NO3S/c1-23(18-5-2-16(3-6-18)4-9-22(26)27)21-8-7-20(25)14-17(21)10-12-24(23)19-11-13-28-15-19/h2-9,11,13-15,25H,10,12H2,1H3,(H,26,27). The lowest BCUT2D eigenvalue weighted by Gasteiger charge is -2.47. The third-order valence-electron chi connectivity index (χ3n) is 5.47. The molecular formula is C23H21NO3S. The van der Waals surface area contributed by atoms with E-state index in [1.165, 1.54) is 11.3 Å². The maximum absolute atomic E-state index is 10.8. The molecule has 142 valence electrons. The number of aromatic hydroxyl groups is 1. The van der Waals surface area contributed by atoms with Gasteiger partial charge >= 0.3 is 5.97 Å². The number of nitrogens with zero attached hydrogens (tertiary/aromatic N) is 1. The predicted molar refractivity (Wildman–Crippen MR) is 113 cm³/mol. The second-order valence-electron chi connectivity index (χ2n) is 7.09. The van der Waals surface area contributed by atoms with Crippen LogP contribution in [0.4, 0.5) is 5.69 Å². The van der Waals surface area contributed by atoms with Crippen molar-refractivity contribution in [2.24, 2.45) is 0 Å². The van der Waals surface area contributed by atoms with Crippen molar-refractivity contribution in [2.45, 2.75) is 18.9 Å². The van der Waals surface area contributed by atoms with E-state index < -0.39 is 11.5 Å². The smallest absolute Gasteiger partial charge is 0.328 e. The molecule has 0 saturated carbocycles. The number of fused-ring (bicyclic) bond motifs is 1. The normalized spacial score (nSPS) is 19.0. The molecular weight excluding hydrogens is 370 g/mol. The van der Waals surface area contributed by atoms with Crippen molar-refractivity contribution in [3.05, 3.63) is 87.6 Å². The highest BCUT2D eigenvalue weighted by Crippen LogP contribution is 2.44.